The van der Waals surface area contributed by atoms with Crippen LogP contribution in [0.2, 0.25) is 0 Å². The van der Waals surface area contributed by atoms with Gasteiger partial charge in [-0.1, -0.05) is 34.1 Å². The minimum atomic E-state index is -0.517. The maximum absolute atomic E-state index is 12.6. The Morgan fingerprint density at radius 3 is 2.61 bits per heavy atom. The number of rotatable bonds is 5. The number of imide groups is 1. The van der Waals surface area contributed by atoms with E-state index in [2.05, 4.69) is 37.2 Å². The largest absolute Gasteiger partial charge is 0.495 e. The molecule has 0 atom stereocenters. The van der Waals surface area contributed by atoms with Crippen molar-refractivity contribution in [1.29, 1.82) is 0 Å². The highest BCUT2D eigenvalue weighted by atomic mass is 79.9. The van der Waals surface area contributed by atoms with Crippen LogP contribution >= 0.6 is 43.6 Å². The summed E-state index contributed by atoms with van der Waals surface area (Å²) in [6.45, 7) is -0.351. The van der Waals surface area contributed by atoms with Crippen LogP contribution in [0.3, 0.4) is 0 Å². The van der Waals surface area contributed by atoms with Crippen LogP contribution in [0.25, 0.3) is 6.08 Å². The summed E-state index contributed by atoms with van der Waals surface area (Å²) in [5.41, 5.74) is 1.22. The van der Waals surface area contributed by atoms with Gasteiger partial charge in [0.05, 0.1) is 16.5 Å². The minimum Gasteiger partial charge on any atom is -0.495 e. The summed E-state index contributed by atoms with van der Waals surface area (Å²) in [7, 11) is 1.52. The van der Waals surface area contributed by atoms with Gasteiger partial charge in [0.15, 0.2) is 0 Å². The smallest absolute Gasteiger partial charge is 0.294 e. The molecule has 1 aliphatic rings. The van der Waals surface area contributed by atoms with Crippen molar-refractivity contribution in [3.8, 4) is 5.75 Å². The molecule has 0 unspecified atom stereocenters. The van der Waals surface area contributed by atoms with Gasteiger partial charge in [-0.25, -0.2) is 0 Å². The highest BCUT2D eigenvalue weighted by molar-refractivity contribution is 9.11. The van der Waals surface area contributed by atoms with Crippen LogP contribution in [0.4, 0.5) is 10.5 Å². The summed E-state index contributed by atoms with van der Waals surface area (Å²) in [6, 6.07) is 12.4. The van der Waals surface area contributed by atoms with Gasteiger partial charge in [-0.2, -0.15) is 0 Å². The fourth-order valence-electron chi connectivity index (χ4n) is 2.55. The Bertz CT molecular complexity index is 979. The van der Waals surface area contributed by atoms with Gasteiger partial charge < -0.3 is 10.1 Å². The lowest BCUT2D eigenvalue weighted by molar-refractivity contribution is -0.127. The molecular weight excluding hydrogens is 512 g/mol. The van der Waals surface area contributed by atoms with Crippen LogP contribution in [0.5, 0.6) is 5.75 Å². The predicted molar refractivity (Wildman–Crippen MR) is 116 cm³/mol. The number of hydrogen-bond donors (Lipinski definition) is 1. The van der Waals surface area contributed by atoms with Crippen molar-refractivity contribution >= 4 is 72.4 Å². The first-order chi connectivity index (χ1) is 13.4. The average molecular weight is 526 g/mol. The topological polar surface area (TPSA) is 75.7 Å². The van der Waals surface area contributed by atoms with Gasteiger partial charge in [-0.05, 0) is 58.0 Å². The number of ether oxygens (including phenoxy) is 1. The molecule has 144 valence electrons. The number of carbonyl (C=O) groups excluding carboxylic acids is 3. The molecule has 0 aliphatic carbocycles. The highest BCUT2D eigenvalue weighted by Crippen LogP contribution is 2.38. The Kier molecular flexibility index (Phi) is 6.58. The first-order valence-electron chi connectivity index (χ1n) is 8.02. The van der Waals surface area contributed by atoms with Crippen molar-refractivity contribution in [2.45, 2.75) is 0 Å². The molecule has 1 heterocycles. The molecule has 0 radical (unpaired) electrons. The number of thioether (sulfide) groups is 1. The van der Waals surface area contributed by atoms with E-state index < -0.39 is 17.1 Å². The number of halogens is 2. The monoisotopic (exact) mass is 524 g/mol. The summed E-state index contributed by atoms with van der Waals surface area (Å²) in [5.74, 6) is -0.425. The summed E-state index contributed by atoms with van der Waals surface area (Å²) >= 11 is 7.58. The van der Waals surface area contributed by atoms with E-state index in [1.165, 1.54) is 7.11 Å². The van der Waals surface area contributed by atoms with E-state index in [4.69, 9.17) is 4.74 Å². The number of nitrogens with one attached hydrogen (secondary N) is 1. The fraction of sp³-hybridized carbons (Fsp3) is 0.105. The van der Waals surface area contributed by atoms with Crippen molar-refractivity contribution in [3.63, 3.8) is 0 Å². The molecule has 0 saturated carbocycles. The summed E-state index contributed by atoms with van der Waals surface area (Å²) in [4.78, 5) is 38.3. The molecule has 2 aromatic carbocycles. The van der Waals surface area contributed by atoms with Gasteiger partial charge in [0, 0.05) is 15.7 Å². The highest BCUT2D eigenvalue weighted by Gasteiger charge is 2.36. The summed E-state index contributed by atoms with van der Waals surface area (Å²) in [6.07, 6.45) is 1.58. The average Bonchev–Trinajstić information content (AvgIpc) is 2.89. The normalized spacial score (nSPS) is 15.2. The molecule has 28 heavy (non-hydrogen) atoms. The Morgan fingerprint density at radius 1 is 1.21 bits per heavy atom. The van der Waals surface area contributed by atoms with Crippen molar-refractivity contribution < 1.29 is 19.1 Å². The lowest BCUT2D eigenvalue weighted by Gasteiger charge is -2.12. The van der Waals surface area contributed by atoms with Gasteiger partial charge in [-0.15, -0.1) is 0 Å². The number of anilines is 1. The van der Waals surface area contributed by atoms with Gasteiger partial charge in [0.2, 0.25) is 5.91 Å². The lowest BCUT2D eigenvalue weighted by atomic mass is 10.2. The molecule has 1 saturated heterocycles. The minimum absolute atomic E-state index is 0.223. The predicted octanol–water partition coefficient (Wildman–Crippen LogP) is 4.90. The molecule has 3 amide bonds. The van der Waals surface area contributed by atoms with Gasteiger partial charge in [0.1, 0.15) is 12.3 Å². The van der Waals surface area contributed by atoms with Crippen LogP contribution in [0.1, 0.15) is 5.56 Å². The molecule has 0 aromatic heterocycles. The van der Waals surface area contributed by atoms with Crippen LogP contribution in [-0.2, 0) is 9.59 Å². The van der Waals surface area contributed by atoms with Gasteiger partial charge >= 0.3 is 0 Å². The van der Waals surface area contributed by atoms with Crippen LogP contribution in [0, 0.1) is 0 Å². The van der Waals surface area contributed by atoms with E-state index in [0.29, 0.717) is 21.5 Å². The fourth-order valence-corrected chi connectivity index (χ4v) is 4.80. The zero-order chi connectivity index (χ0) is 20.3. The van der Waals surface area contributed by atoms with E-state index in [1.807, 2.05) is 12.1 Å². The third kappa shape index (κ3) is 4.65. The van der Waals surface area contributed by atoms with Gasteiger partial charge in [0.25, 0.3) is 11.1 Å². The van der Waals surface area contributed by atoms with Crippen molar-refractivity contribution in [2.24, 2.45) is 0 Å². The third-order valence-corrected chi connectivity index (χ3v) is 5.71. The molecule has 2 aromatic rings. The van der Waals surface area contributed by atoms with E-state index in [1.54, 1.807) is 36.4 Å². The zero-order valence-electron chi connectivity index (χ0n) is 14.6. The second kappa shape index (κ2) is 8.93. The Labute approximate surface area is 182 Å². The molecule has 1 N–H and O–H groups in total. The second-order valence-electron chi connectivity index (χ2n) is 5.69. The standard InChI is InChI=1S/C19H14Br2N2O4S/c1-27-17-11(7-12(20)9-14(17)21)8-15-18(25)23(19(26)28-15)10-16(24)22-13-5-3-2-4-6-13/h2-9H,10H2,1H3,(H,22,24)/b15-8+. The maximum Gasteiger partial charge on any atom is 0.294 e. The zero-order valence-corrected chi connectivity index (χ0v) is 18.6. The number of hydrogen-bond acceptors (Lipinski definition) is 5. The molecule has 3 rings (SSSR count). The molecule has 1 aliphatic heterocycles. The number of carbonyl (C=O) groups is 3. The number of methoxy groups -OCH3 is 1. The molecule has 0 spiro atoms. The second-order valence-corrected chi connectivity index (χ2v) is 8.46. The van der Waals surface area contributed by atoms with Crippen LogP contribution < -0.4 is 10.1 Å². The number of nitrogens with zero attached hydrogens (tertiary/aromatic N) is 1. The maximum atomic E-state index is 12.6. The lowest BCUT2D eigenvalue weighted by Crippen LogP contribution is -2.36. The van der Waals surface area contributed by atoms with Crippen molar-refractivity contribution in [2.75, 3.05) is 19.0 Å². The number of benzene rings is 2. The molecule has 0 bridgehead atoms. The third-order valence-electron chi connectivity index (χ3n) is 3.76. The van der Waals surface area contributed by atoms with Gasteiger partial charge in [-0.3, -0.25) is 19.3 Å². The SMILES string of the molecule is COc1c(Br)cc(Br)cc1/C=C1/SC(=O)N(CC(=O)Nc2ccccc2)C1=O. The van der Waals surface area contributed by atoms with E-state index >= 15 is 0 Å². The summed E-state index contributed by atoms with van der Waals surface area (Å²) < 4.78 is 6.86. The summed E-state index contributed by atoms with van der Waals surface area (Å²) in [5, 5.41) is 2.17. The molecule has 9 heteroatoms. The van der Waals surface area contributed by atoms with Crippen LogP contribution in [0.15, 0.2) is 56.3 Å². The first kappa shape index (κ1) is 20.6. The van der Waals surface area contributed by atoms with E-state index in [9.17, 15) is 14.4 Å². The quantitative estimate of drug-likeness (QED) is 0.562. The molecule has 6 nitrogen and oxygen atoms in total. The number of para-hydroxylation sites is 1. The molecule has 1 fully saturated rings. The Hall–Kier alpha value is -2.10. The molecular formula is C19H14Br2N2O4S. The Balaban J connectivity index is 1.78. The first-order valence-corrected chi connectivity index (χ1v) is 10.4. The van der Waals surface area contributed by atoms with E-state index in [-0.39, 0.29) is 11.4 Å². The number of amides is 3. The van der Waals surface area contributed by atoms with Crippen molar-refractivity contribution in [1.82, 2.24) is 4.90 Å². The Morgan fingerprint density at radius 2 is 1.93 bits per heavy atom. The van der Waals surface area contributed by atoms with Crippen molar-refractivity contribution in [3.05, 3.63) is 61.9 Å². The van der Waals surface area contributed by atoms with Crippen LogP contribution in [-0.4, -0.2) is 35.6 Å². The van der Waals surface area contributed by atoms with E-state index in [0.717, 1.165) is 21.1 Å².